The van der Waals surface area contributed by atoms with E-state index < -0.39 is 9.84 Å². The van der Waals surface area contributed by atoms with E-state index in [0.717, 1.165) is 16.1 Å². The Morgan fingerprint density at radius 1 is 1.32 bits per heavy atom. The molecule has 8 heteroatoms. The van der Waals surface area contributed by atoms with Crippen LogP contribution in [0.3, 0.4) is 0 Å². The Kier molecular flexibility index (Phi) is 3.50. The van der Waals surface area contributed by atoms with Crippen LogP contribution in [-0.2, 0) is 9.84 Å². The molecular formula is C14H14N4O2S2. The molecule has 22 heavy (non-hydrogen) atoms. The monoisotopic (exact) mass is 334 g/mol. The first-order valence-corrected chi connectivity index (χ1v) is 9.14. The van der Waals surface area contributed by atoms with Crippen LogP contribution in [0.1, 0.15) is 5.69 Å². The van der Waals surface area contributed by atoms with Crippen molar-refractivity contribution in [1.29, 1.82) is 0 Å². The number of nitrogens with zero attached hydrogens (tertiary/aromatic N) is 2. The molecule has 0 aliphatic carbocycles. The second kappa shape index (κ2) is 5.22. The molecule has 0 saturated heterocycles. The Morgan fingerprint density at radius 2 is 2.09 bits per heavy atom. The summed E-state index contributed by atoms with van der Waals surface area (Å²) >= 11 is 1.37. The molecule has 2 heterocycles. The number of H-pyrrole nitrogens is 1. The van der Waals surface area contributed by atoms with Crippen LogP contribution in [0.2, 0.25) is 0 Å². The molecule has 0 aliphatic rings. The molecule has 1 aromatic carbocycles. The van der Waals surface area contributed by atoms with Gasteiger partial charge in [-0.2, -0.15) is 0 Å². The van der Waals surface area contributed by atoms with Gasteiger partial charge in [0, 0.05) is 24.2 Å². The molecule has 0 radical (unpaired) electrons. The van der Waals surface area contributed by atoms with Crippen molar-refractivity contribution < 1.29 is 8.42 Å². The zero-order valence-electron chi connectivity index (χ0n) is 12.0. The third-order valence-corrected chi connectivity index (χ3v) is 5.40. The Balaban J connectivity index is 2.25. The molecule has 0 fully saturated rings. The number of nitrogen functional groups attached to an aromatic ring is 1. The number of hydrogen-bond donors (Lipinski definition) is 2. The first-order valence-electron chi connectivity index (χ1n) is 6.43. The predicted octanol–water partition coefficient (Wildman–Crippen LogP) is 2.49. The van der Waals surface area contributed by atoms with E-state index >= 15 is 0 Å². The van der Waals surface area contributed by atoms with Crippen molar-refractivity contribution in [3.63, 3.8) is 0 Å². The summed E-state index contributed by atoms with van der Waals surface area (Å²) in [6.07, 6.45) is 4.43. The molecule has 0 aliphatic heterocycles. The first kappa shape index (κ1) is 14.7. The third kappa shape index (κ3) is 2.62. The van der Waals surface area contributed by atoms with Crippen molar-refractivity contribution in [2.45, 2.75) is 11.8 Å². The van der Waals surface area contributed by atoms with E-state index in [-0.39, 0.29) is 4.90 Å². The topological polar surface area (TPSA) is 102 Å². The van der Waals surface area contributed by atoms with E-state index in [0.29, 0.717) is 16.5 Å². The molecule has 0 atom stereocenters. The lowest BCUT2D eigenvalue weighted by Gasteiger charge is -2.08. The zero-order valence-corrected chi connectivity index (χ0v) is 13.6. The minimum absolute atomic E-state index is 0.237. The summed E-state index contributed by atoms with van der Waals surface area (Å²) in [5, 5.41) is 0.485. The summed E-state index contributed by atoms with van der Waals surface area (Å²) in [4.78, 5) is 12.5. The molecule has 0 amide bonds. The minimum atomic E-state index is -3.36. The number of imidazole rings is 1. The number of hydrogen-bond acceptors (Lipinski definition) is 6. The zero-order chi connectivity index (χ0) is 15.9. The summed E-state index contributed by atoms with van der Waals surface area (Å²) in [5.74, 6) is 0.511. The van der Waals surface area contributed by atoms with Crippen LogP contribution in [-0.4, -0.2) is 29.6 Å². The van der Waals surface area contributed by atoms with Crippen LogP contribution in [0.4, 0.5) is 5.13 Å². The number of benzene rings is 1. The fourth-order valence-corrected chi connectivity index (χ4v) is 3.98. The van der Waals surface area contributed by atoms with Gasteiger partial charge in [0.15, 0.2) is 15.0 Å². The lowest BCUT2D eigenvalue weighted by molar-refractivity contribution is 0.602. The van der Waals surface area contributed by atoms with Crippen LogP contribution in [0.15, 0.2) is 35.5 Å². The van der Waals surface area contributed by atoms with Gasteiger partial charge in [-0.25, -0.2) is 18.4 Å². The molecule has 3 N–H and O–H groups in total. The molecule has 2 aromatic heterocycles. The molecule has 0 bridgehead atoms. The summed E-state index contributed by atoms with van der Waals surface area (Å²) in [5.41, 5.74) is 7.97. The number of aryl methyl sites for hydroxylation is 1. The largest absolute Gasteiger partial charge is 0.375 e. The number of aromatic nitrogens is 3. The quantitative estimate of drug-likeness (QED) is 0.766. The molecule has 3 aromatic rings. The summed E-state index contributed by atoms with van der Waals surface area (Å²) in [7, 11) is -3.36. The lowest BCUT2D eigenvalue weighted by Crippen LogP contribution is -2.01. The van der Waals surface area contributed by atoms with E-state index in [9.17, 15) is 8.42 Å². The van der Waals surface area contributed by atoms with Crippen LogP contribution in [0.5, 0.6) is 0 Å². The number of anilines is 1. The smallest absolute Gasteiger partial charge is 0.180 e. The van der Waals surface area contributed by atoms with Crippen molar-refractivity contribution in [2.24, 2.45) is 0 Å². The highest BCUT2D eigenvalue weighted by molar-refractivity contribution is 7.90. The van der Waals surface area contributed by atoms with Crippen LogP contribution < -0.4 is 5.73 Å². The van der Waals surface area contributed by atoms with Crippen LogP contribution in [0, 0.1) is 6.92 Å². The van der Waals surface area contributed by atoms with Gasteiger partial charge < -0.3 is 10.7 Å². The van der Waals surface area contributed by atoms with E-state index in [2.05, 4.69) is 15.0 Å². The highest BCUT2D eigenvalue weighted by Gasteiger charge is 2.18. The number of nitrogens with two attached hydrogens (primary N) is 1. The van der Waals surface area contributed by atoms with E-state index in [4.69, 9.17) is 5.73 Å². The van der Waals surface area contributed by atoms with E-state index in [1.54, 1.807) is 30.6 Å². The summed E-state index contributed by atoms with van der Waals surface area (Å²) in [6.45, 7) is 1.87. The first-order chi connectivity index (χ1) is 10.4. The number of aromatic amines is 1. The normalized spacial score (nSPS) is 11.7. The highest BCUT2D eigenvalue weighted by atomic mass is 32.2. The Bertz CT molecular complexity index is 928. The van der Waals surface area contributed by atoms with Gasteiger partial charge in [0.25, 0.3) is 0 Å². The minimum Gasteiger partial charge on any atom is -0.375 e. The van der Waals surface area contributed by atoms with Crippen LogP contribution in [0.25, 0.3) is 21.8 Å². The molecule has 0 spiro atoms. The SMILES string of the molecule is Cc1nc(N)sc1-c1ccc(S(C)(=O)=O)c(-c2ncc[nH]2)c1. The van der Waals surface area contributed by atoms with Crippen molar-refractivity contribution >= 4 is 26.3 Å². The average molecular weight is 334 g/mol. The summed E-state index contributed by atoms with van der Waals surface area (Å²) in [6, 6.07) is 5.16. The van der Waals surface area contributed by atoms with Crippen molar-refractivity contribution in [3.8, 4) is 21.8 Å². The van der Waals surface area contributed by atoms with Crippen molar-refractivity contribution in [1.82, 2.24) is 15.0 Å². The fourth-order valence-electron chi connectivity index (χ4n) is 2.28. The number of nitrogens with one attached hydrogen (secondary N) is 1. The van der Waals surface area contributed by atoms with Gasteiger partial charge in [-0.3, -0.25) is 0 Å². The number of sulfone groups is 1. The van der Waals surface area contributed by atoms with Gasteiger partial charge in [-0.05, 0) is 24.6 Å². The predicted molar refractivity (Wildman–Crippen MR) is 87.4 cm³/mol. The van der Waals surface area contributed by atoms with E-state index in [1.807, 2.05) is 6.92 Å². The molecule has 0 saturated carbocycles. The van der Waals surface area contributed by atoms with Gasteiger partial charge in [-0.1, -0.05) is 17.4 Å². The molecular weight excluding hydrogens is 320 g/mol. The van der Waals surface area contributed by atoms with Crippen LogP contribution >= 0.6 is 11.3 Å². The maximum Gasteiger partial charge on any atom is 0.180 e. The Labute approximate surface area is 132 Å². The molecule has 6 nitrogen and oxygen atoms in total. The average Bonchev–Trinajstić information content (AvgIpc) is 3.06. The van der Waals surface area contributed by atoms with Gasteiger partial charge in [-0.15, -0.1) is 0 Å². The fraction of sp³-hybridized carbons (Fsp3) is 0.143. The lowest BCUT2D eigenvalue weighted by atomic mass is 10.1. The van der Waals surface area contributed by atoms with Crippen molar-refractivity contribution in [2.75, 3.05) is 12.0 Å². The number of thiazole rings is 1. The van der Waals surface area contributed by atoms with Gasteiger partial charge >= 0.3 is 0 Å². The van der Waals surface area contributed by atoms with Gasteiger partial charge in [0.1, 0.15) is 5.82 Å². The molecule has 114 valence electrons. The molecule has 3 rings (SSSR count). The molecule has 0 unspecified atom stereocenters. The maximum atomic E-state index is 12.0. The van der Waals surface area contributed by atoms with E-state index in [1.165, 1.54) is 17.6 Å². The van der Waals surface area contributed by atoms with Gasteiger partial charge in [0.05, 0.1) is 15.5 Å². The second-order valence-electron chi connectivity index (χ2n) is 4.89. The second-order valence-corrected chi connectivity index (χ2v) is 7.90. The Morgan fingerprint density at radius 3 is 2.64 bits per heavy atom. The summed E-state index contributed by atoms with van der Waals surface area (Å²) < 4.78 is 24.0. The highest BCUT2D eigenvalue weighted by Crippen LogP contribution is 2.35. The third-order valence-electron chi connectivity index (χ3n) is 3.21. The van der Waals surface area contributed by atoms with Crippen molar-refractivity contribution in [3.05, 3.63) is 36.3 Å². The maximum absolute atomic E-state index is 12.0. The Hall–Kier alpha value is -2.19. The number of rotatable bonds is 3. The van der Waals surface area contributed by atoms with Gasteiger partial charge in [0.2, 0.25) is 0 Å². The standard InChI is InChI=1S/C14H14N4O2S2/c1-8-12(21-14(15)18-8)9-3-4-11(22(2,19)20)10(7-9)13-16-5-6-17-13/h3-7H,1-2H3,(H2,15,18)(H,16,17).